The van der Waals surface area contributed by atoms with Gasteiger partial charge in [0.2, 0.25) is 10.0 Å². The minimum Gasteiger partial charge on any atom is -0.481 e. The van der Waals surface area contributed by atoms with E-state index < -0.39 is 21.9 Å². The topological polar surface area (TPSA) is 101 Å². The van der Waals surface area contributed by atoms with E-state index >= 15 is 0 Å². The van der Waals surface area contributed by atoms with E-state index in [1.54, 1.807) is 67.3 Å². The number of carboxylic acids is 1. The monoisotopic (exact) mass is 443 g/mol. The maximum Gasteiger partial charge on any atom is 0.310 e. The van der Waals surface area contributed by atoms with Crippen molar-refractivity contribution >= 4 is 21.5 Å². The Morgan fingerprint density at radius 1 is 1.23 bits per heavy atom. The number of piperidine rings is 1. The van der Waals surface area contributed by atoms with Crippen LogP contribution in [-0.4, -0.2) is 59.7 Å². The highest BCUT2D eigenvalue weighted by Crippen LogP contribution is 2.33. The minimum atomic E-state index is -3.69. The Kier molecular flexibility index (Phi) is 5.83. The Hall–Kier alpha value is -2.75. The van der Waals surface area contributed by atoms with E-state index in [0.717, 1.165) is 0 Å². The molecule has 1 fully saturated rings. The highest BCUT2D eigenvalue weighted by atomic mass is 32.2. The van der Waals surface area contributed by atoms with Crippen molar-refractivity contribution in [1.82, 2.24) is 13.9 Å². The quantitative estimate of drug-likeness (QED) is 0.629. The molecular formula is C22H25N3O5S. The summed E-state index contributed by atoms with van der Waals surface area (Å²) >= 11 is 0. The minimum absolute atomic E-state index is 0.0839. The smallest absolute Gasteiger partial charge is 0.310 e. The molecule has 0 aliphatic carbocycles. The number of carbonyl (C=O) groups is 1. The first-order valence-electron chi connectivity index (χ1n) is 10.2. The average Bonchev–Trinajstić information content (AvgIpc) is 3.21. The third kappa shape index (κ3) is 3.96. The molecule has 0 spiro atoms. The SMILES string of the molecule is COC1CCN(S(=O)(=O)c2ccccc2-c2ccn3ncc([C@@H](C)C(=O)O)c3c2)CC1. The van der Waals surface area contributed by atoms with Gasteiger partial charge < -0.3 is 9.84 Å². The molecule has 8 nitrogen and oxygen atoms in total. The molecule has 3 aromatic rings. The number of sulfonamides is 1. The summed E-state index contributed by atoms with van der Waals surface area (Å²) in [6.07, 6.45) is 4.67. The second-order valence-corrected chi connectivity index (χ2v) is 9.65. The number of aromatic nitrogens is 2. The summed E-state index contributed by atoms with van der Waals surface area (Å²) in [6.45, 7) is 2.43. The molecule has 0 bridgehead atoms. The van der Waals surface area contributed by atoms with E-state index in [1.807, 2.05) is 0 Å². The van der Waals surface area contributed by atoms with Crippen LogP contribution in [0.1, 0.15) is 31.2 Å². The molecule has 4 rings (SSSR count). The largest absolute Gasteiger partial charge is 0.481 e. The standard InChI is InChI=1S/C22H25N3O5S/c1-15(22(26)27)19-14-23-25-12-7-16(13-20(19)25)18-5-3-4-6-21(18)31(28,29)24-10-8-17(30-2)9-11-24/h3-7,12-15,17H,8-11H2,1-2H3,(H,26,27)/t15-/m1/s1. The van der Waals surface area contributed by atoms with E-state index in [1.165, 1.54) is 4.31 Å². The van der Waals surface area contributed by atoms with Gasteiger partial charge in [0.15, 0.2) is 0 Å². The van der Waals surface area contributed by atoms with Gasteiger partial charge in [-0.25, -0.2) is 12.9 Å². The van der Waals surface area contributed by atoms with E-state index in [-0.39, 0.29) is 11.0 Å². The van der Waals surface area contributed by atoms with Crippen molar-refractivity contribution < 1.29 is 23.1 Å². The van der Waals surface area contributed by atoms with E-state index in [2.05, 4.69) is 5.10 Å². The Morgan fingerprint density at radius 2 is 1.94 bits per heavy atom. The maximum atomic E-state index is 13.4. The van der Waals surface area contributed by atoms with Crippen LogP contribution in [0.25, 0.3) is 16.6 Å². The lowest BCUT2D eigenvalue weighted by molar-refractivity contribution is -0.138. The first-order chi connectivity index (χ1) is 14.8. The molecule has 1 atom stereocenters. The predicted octanol–water partition coefficient (Wildman–Crippen LogP) is 2.99. The molecule has 0 amide bonds. The van der Waals surface area contributed by atoms with Crippen LogP contribution in [0.5, 0.6) is 0 Å². The molecule has 1 aromatic carbocycles. The van der Waals surface area contributed by atoms with Crippen LogP contribution in [0.3, 0.4) is 0 Å². The average molecular weight is 444 g/mol. The van der Waals surface area contributed by atoms with Crippen LogP contribution < -0.4 is 0 Å². The summed E-state index contributed by atoms with van der Waals surface area (Å²) in [5, 5.41) is 13.6. The fourth-order valence-electron chi connectivity index (χ4n) is 4.01. The molecule has 31 heavy (non-hydrogen) atoms. The second-order valence-electron chi connectivity index (χ2n) is 7.74. The summed E-state index contributed by atoms with van der Waals surface area (Å²) < 4.78 is 35.4. The molecular weight excluding hydrogens is 418 g/mol. The summed E-state index contributed by atoms with van der Waals surface area (Å²) in [5.41, 5.74) is 2.49. The first kappa shape index (κ1) is 21.5. The van der Waals surface area contributed by atoms with Crippen LogP contribution in [-0.2, 0) is 19.6 Å². The molecule has 0 radical (unpaired) electrons. The van der Waals surface area contributed by atoms with Gasteiger partial charge in [-0.2, -0.15) is 9.40 Å². The van der Waals surface area contributed by atoms with Gasteiger partial charge in [-0.3, -0.25) is 4.79 Å². The molecule has 1 saturated heterocycles. The lowest BCUT2D eigenvalue weighted by Crippen LogP contribution is -2.40. The fourth-order valence-corrected chi connectivity index (χ4v) is 5.70. The Labute approximate surface area is 181 Å². The molecule has 3 heterocycles. The zero-order valence-electron chi connectivity index (χ0n) is 17.4. The number of methoxy groups -OCH3 is 1. The Bertz CT molecular complexity index is 1210. The van der Waals surface area contributed by atoms with Crippen molar-refractivity contribution in [2.45, 2.75) is 36.7 Å². The number of hydrogen-bond acceptors (Lipinski definition) is 5. The van der Waals surface area contributed by atoms with Crippen LogP contribution >= 0.6 is 0 Å². The van der Waals surface area contributed by atoms with E-state index in [9.17, 15) is 18.3 Å². The number of benzene rings is 1. The summed E-state index contributed by atoms with van der Waals surface area (Å²) in [7, 11) is -2.04. The van der Waals surface area contributed by atoms with Crippen molar-refractivity contribution in [3.8, 4) is 11.1 Å². The van der Waals surface area contributed by atoms with Gasteiger partial charge in [-0.1, -0.05) is 18.2 Å². The van der Waals surface area contributed by atoms with Gasteiger partial charge in [-0.05, 0) is 43.5 Å². The number of ether oxygens (including phenoxy) is 1. The van der Waals surface area contributed by atoms with Crippen LogP contribution in [0.2, 0.25) is 0 Å². The van der Waals surface area contributed by atoms with Crippen molar-refractivity contribution in [3.05, 3.63) is 54.4 Å². The molecule has 0 unspecified atom stereocenters. The zero-order valence-corrected chi connectivity index (χ0v) is 18.2. The molecule has 2 aromatic heterocycles. The lowest BCUT2D eigenvalue weighted by Gasteiger charge is -2.31. The highest BCUT2D eigenvalue weighted by Gasteiger charge is 2.31. The lowest BCUT2D eigenvalue weighted by atomic mass is 10.0. The van der Waals surface area contributed by atoms with Crippen molar-refractivity contribution in [3.63, 3.8) is 0 Å². The maximum absolute atomic E-state index is 13.4. The Morgan fingerprint density at radius 3 is 2.61 bits per heavy atom. The van der Waals surface area contributed by atoms with E-state index in [4.69, 9.17) is 4.74 Å². The van der Waals surface area contributed by atoms with Crippen molar-refractivity contribution in [1.29, 1.82) is 0 Å². The number of fused-ring (bicyclic) bond motifs is 1. The number of nitrogens with zero attached hydrogens (tertiary/aromatic N) is 3. The summed E-state index contributed by atoms with van der Waals surface area (Å²) in [4.78, 5) is 11.7. The van der Waals surface area contributed by atoms with Gasteiger partial charge in [-0.15, -0.1) is 0 Å². The second kappa shape index (κ2) is 8.41. The zero-order chi connectivity index (χ0) is 22.2. The third-order valence-electron chi connectivity index (χ3n) is 5.94. The third-order valence-corrected chi connectivity index (χ3v) is 7.90. The molecule has 0 saturated carbocycles. The number of aliphatic carboxylic acids is 1. The van der Waals surface area contributed by atoms with Crippen LogP contribution in [0.4, 0.5) is 0 Å². The van der Waals surface area contributed by atoms with Crippen molar-refractivity contribution in [2.75, 3.05) is 20.2 Å². The number of pyridine rings is 1. The highest BCUT2D eigenvalue weighted by molar-refractivity contribution is 7.89. The number of carboxylic acid groups (broad SMARTS) is 1. The molecule has 9 heteroatoms. The van der Waals surface area contributed by atoms with Gasteiger partial charge >= 0.3 is 5.97 Å². The summed E-state index contributed by atoms with van der Waals surface area (Å²) in [5.74, 6) is -1.67. The van der Waals surface area contributed by atoms with Gasteiger partial charge in [0.1, 0.15) is 0 Å². The Balaban J connectivity index is 1.76. The number of hydrogen-bond donors (Lipinski definition) is 1. The van der Waals surface area contributed by atoms with Crippen LogP contribution in [0, 0.1) is 0 Å². The van der Waals surface area contributed by atoms with Gasteiger partial charge in [0.25, 0.3) is 0 Å². The molecule has 1 N–H and O–H groups in total. The normalized spacial score (nSPS) is 17.1. The number of rotatable bonds is 6. The van der Waals surface area contributed by atoms with Crippen molar-refractivity contribution in [2.24, 2.45) is 0 Å². The van der Waals surface area contributed by atoms with E-state index in [0.29, 0.717) is 48.1 Å². The molecule has 1 aliphatic heterocycles. The van der Waals surface area contributed by atoms with Gasteiger partial charge in [0, 0.05) is 37.5 Å². The molecule has 164 valence electrons. The fraction of sp³-hybridized carbons (Fsp3) is 0.364. The summed E-state index contributed by atoms with van der Waals surface area (Å²) in [6, 6.07) is 10.5. The van der Waals surface area contributed by atoms with Crippen LogP contribution in [0.15, 0.2) is 53.7 Å². The predicted molar refractivity (Wildman–Crippen MR) is 115 cm³/mol. The van der Waals surface area contributed by atoms with Gasteiger partial charge in [0.05, 0.1) is 28.6 Å². The first-order valence-corrected chi connectivity index (χ1v) is 11.6. The molecule has 1 aliphatic rings.